The summed E-state index contributed by atoms with van der Waals surface area (Å²) in [5.41, 5.74) is 1.40. The summed E-state index contributed by atoms with van der Waals surface area (Å²) in [7, 11) is 5.67. The lowest BCUT2D eigenvalue weighted by Crippen LogP contribution is -2.21. The summed E-state index contributed by atoms with van der Waals surface area (Å²) in [4.78, 5) is 1.85. The molecule has 68 valence electrons. The van der Waals surface area contributed by atoms with E-state index in [9.17, 15) is 0 Å². The smallest absolute Gasteiger partial charge is 0.182 e. The third-order valence-electron chi connectivity index (χ3n) is 2.16. The molecule has 0 heterocycles. The van der Waals surface area contributed by atoms with Crippen LogP contribution in [0, 0.1) is 0 Å². The van der Waals surface area contributed by atoms with Gasteiger partial charge in [-0.2, -0.15) is 0 Å². The summed E-state index contributed by atoms with van der Waals surface area (Å²) in [6, 6.07) is 10.5. The Labute approximate surface area is 82.2 Å². The van der Waals surface area contributed by atoms with Gasteiger partial charge >= 0.3 is 0 Å². The van der Waals surface area contributed by atoms with E-state index in [1.165, 1.54) is 5.56 Å². The Balaban J connectivity index is 2.20. The predicted molar refractivity (Wildman–Crippen MR) is 57.8 cm³/mol. The van der Waals surface area contributed by atoms with E-state index < -0.39 is 0 Å². The van der Waals surface area contributed by atoms with E-state index in [1.807, 2.05) is 10.9 Å². The highest BCUT2D eigenvalue weighted by Crippen LogP contribution is 2.02. The Kier molecular flexibility index (Phi) is 4.62. The molecular formula is C11H16BN. The minimum absolute atomic E-state index is 0.925. The first kappa shape index (κ1) is 10.3. The summed E-state index contributed by atoms with van der Waals surface area (Å²) in [6.45, 7) is 3.97. The Morgan fingerprint density at radius 1 is 1.23 bits per heavy atom. The number of rotatable bonds is 5. The van der Waals surface area contributed by atoms with E-state index in [2.05, 4.69) is 31.2 Å². The molecule has 0 atom stereocenters. The second kappa shape index (κ2) is 5.82. The highest BCUT2D eigenvalue weighted by atomic mass is 15.0. The normalized spacial score (nSPS) is 10.6. The van der Waals surface area contributed by atoms with E-state index in [-0.39, 0.29) is 0 Å². The molecule has 0 saturated heterocycles. The molecule has 0 aliphatic heterocycles. The van der Waals surface area contributed by atoms with Gasteiger partial charge in [0.05, 0.1) is 0 Å². The minimum Gasteiger partial charge on any atom is -0.354 e. The second-order valence-corrected chi connectivity index (χ2v) is 3.22. The monoisotopic (exact) mass is 173 g/mol. The van der Waals surface area contributed by atoms with Crippen molar-refractivity contribution in [3.63, 3.8) is 0 Å². The SMILES string of the molecule is [B]N(CC)CCCc1ccccc1. The summed E-state index contributed by atoms with van der Waals surface area (Å²) >= 11 is 0. The Hall–Kier alpha value is -0.755. The maximum absolute atomic E-state index is 5.67. The topological polar surface area (TPSA) is 3.24 Å². The summed E-state index contributed by atoms with van der Waals surface area (Å²) < 4.78 is 0. The average molecular weight is 173 g/mol. The van der Waals surface area contributed by atoms with Crippen LogP contribution in [-0.4, -0.2) is 25.9 Å². The highest BCUT2D eigenvalue weighted by Gasteiger charge is 1.94. The van der Waals surface area contributed by atoms with Crippen molar-refractivity contribution in [3.05, 3.63) is 35.9 Å². The van der Waals surface area contributed by atoms with Crippen LogP contribution in [0.2, 0.25) is 0 Å². The first-order valence-corrected chi connectivity index (χ1v) is 4.86. The van der Waals surface area contributed by atoms with E-state index in [4.69, 9.17) is 7.98 Å². The molecule has 0 aliphatic carbocycles. The summed E-state index contributed by atoms with van der Waals surface area (Å²) in [5, 5.41) is 0. The molecule has 0 aliphatic rings. The minimum atomic E-state index is 0.925. The number of nitrogens with zero attached hydrogens (tertiary/aromatic N) is 1. The van der Waals surface area contributed by atoms with Crippen molar-refractivity contribution in [2.24, 2.45) is 0 Å². The van der Waals surface area contributed by atoms with Gasteiger partial charge in [0, 0.05) is 0 Å². The van der Waals surface area contributed by atoms with Crippen molar-refractivity contribution in [3.8, 4) is 0 Å². The van der Waals surface area contributed by atoms with Crippen LogP contribution >= 0.6 is 0 Å². The molecule has 1 nitrogen and oxygen atoms in total. The molecule has 0 saturated carbocycles. The third-order valence-corrected chi connectivity index (χ3v) is 2.16. The maximum Gasteiger partial charge on any atom is 0.182 e. The number of hydrogen-bond acceptors (Lipinski definition) is 1. The van der Waals surface area contributed by atoms with Gasteiger partial charge in [-0.25, -0.2) is 0 Å². The molecule has 2 radical (unpaired) electrons. The van der Waals surface area contributed by atoms with Crippen LogP contribution in [0.1, 0.15) is 18.9 Å². The standard InChI is InChI=1S/C11H16BN/c1-2-13(12)10-6-9-11-7-4-3-5-8-11/h3-5,7-8H,2,6,9-10H2,1H3. The van der Waals surface area contributed by atoms with Gasteiger partial charge in [-0.15, -0.1) is 0 Å². The van der Waals surface area contributed by atoms with E-state index in [0.717, 1.165) is 25.9 Å². The number of hydrogen-bond donors (Lipinski definition) is 0. The van der Waals surface area contributed by atoms with Crippen LogP contribution in [0.25, 0.3) is 0 Å². The van der Waals surface area contributed by atoms with Gasteiger partial charge in [0.1, 0.15) is 0 Å². The lowest BCUT2D eigenvalue weighted by atomic mass is 10.1. The first-order valence-electron chi connectivity index (χ1n) is 4.86. The average Bonchev–Trinajstić information content (AvgIpc) is 2.19. The Morgan fingerprint density at radius 2 is 1.92 bits per heavy atom. The molecule has 0 unspecified atom stereocenters. The third kappa shape index (κ3) is 4.14. The van der Waals surface area contributed by atoms with Crippen LogP contribution in [0.15, 0.2) is 30.3 Å². The fourth-order valence-corrected chi connectivity index (χ4v) is 1.29. The van der Waals surface area contributed by atoms with E-state index >= 15 is 0 Å². The molecule has 0 bridgehead atoms. The quantitative estimate of drug-likeness (QED) is 0.615. The van der Waals surface area contributed by atoms with Crippen LogP contribution in [0.3, 0.4) is 0 Å². The van der Waals surface area contributed by atoms with Crippen molar-refractivity contribution in [1.29, 1.82) is 0 Å². The summed E-state index contributed by atoms with van der Waals surface area (Å²) in [6.07, 6.45) is 2.25. The van der Waals surface area contributed by atoms with Crippen LogP contribution < -0.4 is 0 Å². The molecule has 0 amide bonds. The zero-order valence-corrected chi connectivity index (χ0v) is 8.24. The number of benzene rings is 1. The largest absolute Gasteiger partial charge is 0.354 e. The van der Waals surface area contributed by atoms with Gasteiger partial charge in [-0.05, 0) is 31.5 Å². The molecule has 0 N–H and O–H groups in total. The zero-order chi connectivity index (χ0) is 9.52. The molecule has 2 heteroatoms. The maximum atomic E-state index is 5.67. The van der Waals surface area contributed by atoms with Gasteiger partial charge in [0.25, 0.3) is 0 Å². The first-order chi connectivity index (χ1) is 6.33. The lowest BCUT2D eigenvalue weighted by Gasteiger charge is -2.13. The number of aryl methyl sites for hydroxylation is 1. The second-order valence-electron chi connectivity index (χ2n) is 3.22. The van der Waals surface area contributed by atoms with Gasteiger partial charge < -0.3 is 4.81 Å². The van der Waals surface area contributed by atoms with E-state index in [1.54, 1.807) is 0 Å². The Bertz CT molecular complexity index is 223. The fourth-order valence-electron chi connectivity index (χ4n) is 1.29. The lowest BCUT2D eigenvalue weighted by molar-refractivity contribution is 0.465. The van der Waals surface area contributed by atoms with Gasteiger partial charge in [0.15, 0.2) is 7.98 Å². The van der Waals surface area contributed by atoms with Crippen LogP contribution in [0.4, 0.5) is 0 Å². The molecule has 0 fully saturated rings. The molecule has 1 aromatic rings. The highest BCUT2D eigenvalue weighted by molar-refractivity contribution is 6.04. The zero-order valence-electron chi connectivity index (χ0n) is 8.24. The Morgan fingerprint density at radius 3 is 2.54 bits per heavy atom. The van der Waals surface area contributed by atoms with Crippen molar-refractivity contribution in [2.75, 3.05) is 13.1 Å². The molecule has 0 aromatic heterocycles. The molecule has 1 rings (SSSR count). The van der Waals surface area contributed by atoms with Crippen LogP contribution in [0.5, 0.6) is 0 Å². The fraction of sp³-hybridized carbons (Fsp3) is 0.455. The van der Waals surface area contributed by atoms with Crippen molar-refractivity contribution in [2.45, 2.75) is 19.8 Å². The van der Waals surface area contributed by atoms with Crippen molar-refractivity contribution >= 4 is 7.98 Å². The molecule has 1 aromatic carbocycles. The summed E-state index contributed by atoms with van der Waals surface area (Å²) in [5.74, 6) is 0. The molecule has 0 spiro atoms. The predicted octanol–water partition coefficient (Wildman–Crippen LogP) is 2.02. The molecule has 13 heavy (non-hydrogen) atoms. The van der Waals surface area contributed by atoms with Gasteiger partial charge in [0.2, 0.25) is 0 Å². The molecular weight excluding hydrogens is 157 g/mol. The van der Waals surface area contributed by atoms with Crippen molar-refractivity contribution < 1.29 is 0 Å². The van der Waals surface area contributed by atoms with Crippen molar-refractivity contribution in [1.82, 2.24) is 4.81 Å². The van der Waals surface area contributed by atoms with Crippen LogP contribution in [-0.2, 0) is 6.42 Å². The van der Waals surface area contributed by atoms with E-state index in [0.29, 0.717) is 0 Å². The van der Waals surface area contributed by atoms with Gasteiger partial charge in [-0.1, -0.05) is 37.3 Å². The van der Waals surface area contributed by atoms with Gasteiger partial charge in [-0.3, -0.25) is 0 Å².